The van der Waals surface area contributed by atoms with Crippen molar-refractivity contribution in [3.8, 4) is 0 Å². The molecule has 2 aromatic rings. The molecule has 0 aliphatic heterocycles. The molecule has 2 nitrogen and oxygen atoms in total. The number of fused-ring (bicyclic) bond motifs is 1. The molecule has 0 unspecified atom stereocenters. The average molecular weight is 241 g/mol. The predicted molar refractivity (Wildman–Crippen MR) is 68.2 cm³/mol. The lowest BCUT2D eigenvalue weighted by molar-refractivity contribution is 0.847. The highest BCUT2D eigenvalue weighted by Crippen LogP contribution is 2.34. The largest absolute Gasteiger partial charge is 0.358 e. The fourth-order valence-corrected chi connectivity index (χ4v) is 2.80. The number of anilines is 1. The van der Waals surface area contributed by atoms with E-state index in [-0.39, 0.29) is 0 Å². The maximum Gasteiger partial charge on any atom is 0.151 e. The van der Waals surface area contributed by atoms with Crippen LogP contribution < -0.4 is 4.90 Å². The van der Waals surface area contributed by atoms with Crippen molar-refractivity contribution in [2.75, 3.05) is 18.5 Å². The van der Waals surface area contributed by atoms with Gasteiger partial charge in [0.15, 0.2) is 5.82 Å². The normalized spacial score (nSPS) is 10.9. The summed E-state index contributed by atoms with van der Waals surface area (Å²) >= 11 is 7.69. The molecule has 1 aromatic carbocycles. The van der Waals surface area contributed by atoms with E-state index in [4.69, 9.17) is 11.6 Å². The van der Waals surface area contributed by atoms with Gasteiger partial charge in [-0.2, -0.15) is 4.37 Å². The maximum absolute atomic E-state index is 6.19. The molecule has 0 radical (unpaired) electrons. The van der Waals surface area contributed by atoms with Crippen LogP contribution in [0.5, 0.6) is 0 Å². The summed E-state index contributed by atoms with van der Waals surface area (Å²) in [7, 11) is 2.06. The second-order valence-corrected chi connectivity index (χ2v) is 4.75. The summed E-state index contributed by atoms with van der Waals surface area (Å²) in [5.41, 5.74) is 0. The van der Waals surface area contributed by atoms with E-state index in [0.29, 0.717) is 0 Å². The molecule has 2 rings (SSSR count). The minimum absolute atomic E-state index is 0.791. The van der Waals surface area contributed by atoms with Crippen LogP contribution in [0, 0.1) is 0 Å². The lowest BCUT2D eigenvalue weighted by Gasteiger charge is -2.15. The predicted octanol–water partition coefficient (Wildman–Crippen LogP) is 3.80. The van der Waals surface area contributed by atoms with Crippen molar-refractivity contribution in [3.05, 3.63) is 23.2 Å². The molecule has 1 aromatic heterocycles. The minimum Gasteiger partial charge on any atom is -0.358 e. The van der Waals surface area contributed by atoms with Crippen LogP contribution in [0.1, 0.15) is 13.3 Å². The fourth-order valence-electron chi connectivity index (χ4n) is 1.64. The van der Waals surface area contributed by atoms with Gasteiger partial charge in [0.25, 0.3) is 0 Å². The molecule has 0 atom stereocenters. The molecule has 0 saturated carbocycles. The number of benzene rings is 1. The van der Waals surface area contributed by atoms with Crippen molar-refractivity contribution in [1.29, 1.82) is 0 Å². The first kappa shape index (κ1) is 10.7. The summed E-state index contributed by atoms with van der Waals surface area (Å²) in [5, 5.41) is 1.87. The molecule has 4 heteroatoms. The molecule has 0 aliphatic rings. The van der Waals surface area contributed by atoms with Crippen LogP contribution in [-0.2, 0) is 0 Å². The van der Waals surface area contributed by atoms with E-state index in [0.717, 1.165) is 33.9 Å². The molecule has 0 fully saturated rings. The van der Waals surface area contributed by atoms with Gasteiger partial charge >= 0.3 is 0 Å². The third-order valence-corrected chi connectivity index (χ3v) is 3.47. The molecule has 15 heavy (non-hydrogen) atoms. The Kier molecular flexibility index (Phi) is 3.12. The summed E-state index contributed by atoms with van der Waals surface area (Å²) in [6.07, 6.45) is 1.11. The first-order valence-electron chi connectivity index (χ1n) is 4.99. The minimum atomic E-state index is 0.791. The second-order valence-electron chi connectivity index (χ2n) is 3.54. The quantitative estimate of drug-likeness (QED) is 0.812. The highest BCUT2D eigenvalue weighted by molar-refractivity contribution is 7.13. The van der Waals surface area contributed by atoms with Gasteiger partial charge in [-0.15, -0.1) is 0 Å². The number of rotatable bonds is 3. The van der Waals surface area contributed by atoms with Crippen molar-refractivity contribution in [2.45, 2.75) is 13.3 Å². The van der Waals surface area contributed by atoms with Gasteiger partial charge in [-0.3, -0.25) is 0 Å². The zero-order valence-corrected chi connectivity index (χ0v) is 10.4. The number of halogens is 1. The summed E-state index contributed by atoms with van der Waals surface area (Å²) in [6, 6.07) is 5.94. The van der Waals surface area contributed by atoms with Crippen LogP contribution in [0.25, 0.3) is 10.1 Å². The maximum atomic E-state index is 6.19. The van der Waals surface area contributed by atoms with Crippen molar-refractivity contribution >= 4 is 39.0 Å². The first-order valence-corrected chi connectivity index (χ1v) is 6.14. The second kappa shape index (κ2) is 4.37. The molecule has 0 bridgehead atoms. The zero-order chi connectivity index (χ0) is 10.8. The molecule has 1 heterocycles. The Morgan fingerprint density at radius 2 is 2.27 bits per heavy atom. The van der Waals surface area contributed by atoms with Crippen LogP contribution in [0.3, 0.4) is 0 Å². The van der Waals surface area contributed by atoms with Crippen LogP contribution in [0.4, 0.5) is 5.82 Å². The van der Waals surface area contributed by atoms with Gasteiger partial charge in [0.1, 0.15) is 0 Å². The van der Waals surface area contributed by atoms with Gasteiger partial charge in [-0.1, -0.05) is 24.6 Å². The van der Waals surface area contributed by atoms with E-state index in [1.165, 1.54) is 11.5 Å². The van der Waals surface area contributed by atoms with Crippen LogP contribution >= 0.6 is 23.1 Å². The van der Waals surface area contributed by atoms with E-state index in [9.17, 15) is 0 Å². The van der Waals surface area contributed by atoms with E-state index in [2.05, 4.69) is 29.3 Å². The highest BCUT2D eigenvalue weighted by Gasteiger charge is 2.12. The monoisotopic (exact) mass is 240 g/mol. The lowest BCUT2D eigenvalue weighted by atomic mass is 10.2. The SMILES string of the molecule is CCCN(C)c1nsc2cccc(Cl)c12. The highest BCUT2D eigenvalue weighted by atomic mass is 35.5. The Hall–Kier alpha value is -0.800. The van der Waals surface area contributed by atoms with Gasteiger partial charge < -0.3 is 4.90 Å². The third-order valence-electron chi connectivity index (χ3n) is 2.35. The van der Waals surface area contributed by atoms with E-state index < -0.39 is 0 Å². The number of aromatic nitrogens is 1. The number of hydrogen-bond donors (Lipinski definition) is 0. The fraction of sp³-hybridized carbons (Fsp3) is 0.364. The van der Waals surface area contributed by atoms with Crippen molar-refractivity contribution in [1.82, 2.24) is 4.37 Å². The van der Waals surface area contributed by atoms with Crippen molar-refractivity contribution in [2.24, 2.45) is 0 Å². The Bertz CT molecular complexity index is 467. The summed E-state index contributed by atoms with van der Waals surface area (Å²) < 4.78 is 5.61. The van der Waals surface area contributed by atoms with Gasteiger partial charge in [-0.25, -0.2) is 0 Å². The van der Waals surface area contributed by atoms with E-state index in [1.807, 2.05) is 12.1 Å². The number of hydrogen-bond acceptors (Lipinski definition) is 3. The molecule has 80 valence electrons. The molecule has 0 spiro atoms. The van der Waals surface area contributed by atoms with E-state index >= 15 is 0 Å². The Balaban J connectivity index is 2.52. The van der Waals surface area contributed by atoms with Crippen LogP contribution in [0.2, 0.25) is 5.02 Å². The summed E-state index contributed by atoms with van der Waals surface area (Å²) in [5.74, 6) is 1.00. The van der Waals surface area contributed by atoms with Crippen LogP contribution in [-0.4, -0.2) is 18.0 Å². The zero-order valence-electron chi connectivity index (χ0n) is 8.83. The molecular weight excluding hydrogens is 228 g/mol. The molecule has 0 aliphatic carbocycles. The third kappa shape index (κ3) is 1.94. The Morgan fingerprint density at radius 3 is 3.00 bits per heavy atom. The topological polar surface area (TPSA) is 16.1 Å². The first-order chi connectivity index (χ1) is 7.24. The molecule has 0 saturated heterocycles. The Morgan fingerprint density at radius 1 is 1.47 bits per heavy atom. The van der Waals surface area contributed by atoms with Crippen molar-refractivity contribution in [3.63, 3.8) is 0 Å². The summed E-state index contributed by atoms with van der Waals surface area (Å²) in [4.78, 5) is 2.16. The molecule has 0 N–H and O–H groups in total. The lowest BCUT2D eigenvalue weighted by Crippen LogP contribution is -2.18. The van der Waals surface area contributed by atoms with E-state index in [1.54, 1.807) is 0 Å². The smallest absolute Gasteiger partial charge is 0.151 e. The Labute approximate surface area is 98.6 Å². The van der Waals surface area contributed by atoms with Gasteiger partial charge in [0, 0.05) is 13.6 Å². The average Bonchev–Trinajstić information content (AvgIpc) is 2.63. The summed E-state index contributed by atoms with van der Waals surface area (Å²) in [6.45, 7) is 3.16. The number of nitrogens with zero attached hydrogens (tertiary/aromatic N) is 2. The van der Waals surface area contributed by atoms with Gasteiger partial charge in [-0.05, 0) is 30.1 Å². The molecule has 0 amide bonds. The van der Waals surface area contributed by atoms with Gasteiger partial charge in [0.05, 0.1) is 15.1 Å². The standard InChI is InChI=1S/C11H13ClN2S/c1-3-7-14(2)11-10-8(12)5-4-6-9(10)15-13-11/h4-6H,3,7H2,1-2H3. The van der Waals surface area contributed by atoms with Crippen molar-refractivity contribution < 1.29 is 0 Å². The molecular formula is C11H13ClN2S. The van der Waals surface area contributed by atoms with Crippen LogP contribution in [0.15, 0.2) is 18.2 Å². The van der Waals surface area contributed by atoms with Gasteiger partial charge in [0.2, 0.25) is 0 Å².